The van der Waals surface area contributed by atoms with E-state index in [0.717, 1.165) is 23.3 Å². The summed E-state index contributed by atoms with van der Waals surface area (Å²) in [5, 5.41) is 0. The Balaban J connectivity index is 2.26. The van der Waals surface area contributed by atoms with Crippen LogP contribution in [0, 0.1) is 0 Å². The number of hydrogen-bond donors (Lipinski definition) is 0. The van der Waals surface area contributed by atoms with Crippen molar-refractivity contribution >= 4 is 19.7 Å². The van der Waals surface area contributed by atoms with Crippen LogP contribution in [0.3, 0.4) is 0 Å². The maximum atomic E-state index is 10.9. The molecule has 0 saturated carbocycles. The Morgan fingerprint density at radius 1 is 1.47 bits per heavy atom. The van der Waals surface area contributed by atoms with E-state index in [2.05, 4.69) is 0 Å². The Morgan fingerprint density at radius 3 is 2.88 bits per heavy atom. The van der Waals surface area contributed by atoms with Crippen molar-refractivity contribution in [2.24, 2.45) is 0 Å². The molecule has 1 aliphatic rings. The molecule has 0 aromatic heterocycles. The molecule has 0 N–H and O–H groups in total. The second-order valence-electron chi connectivity index (χ2n) is 3.86. The maximum absolute atomic E-state index is 10.9. The molecule has 17 heavy (non-hydrogen) atoms. The van der Waals surface area contributed by atoms with Crippen LogP contribution in [0.25, 0.3) is 0 Å². The third kappa shape index (κ3) is 3.04. The van der Waals surface area contributed by atoms with Gasteiger partial charge in [0.05, 0.1) is 19.5 Å². The van der Waals surface area contributed by atoms with Crippen LogP contribution in [-0.4, -0.2) is 27.9 Å². The summed E-state index contributed by atoms with van der Waals surface area (Å²) in [6.45, 7) is 0.662. The van der Waals surface area contributed by atoms with Gasteiger partial charge < -0.3 is 9.47 Å². The third-order valence-electron chi connectivity index (χ3n) is 2.71. The van der Waals surface area contributed by atoms with Crippen LogP contribution in [0.15, 0.2) is 12.1 Å². The minimum atomic E-state index is -3.49. The maximum Gasteiger partial charge on any atom is 0.232 e. The Bertz CT molecular complexity index is 525. The lowest BCUT2D eigenvalue weighted by Gasteiger charge is -2.10. The Hall–Kier alpha value is -0.940. The first kappa shape index (κ1) is 12.5. The standard InChI is InChI=1S/C11H13ClO4S/c1-15-10-6-8-2-4-16-11(8)7-9(10)3-5-17(12,13)14/h6-7H,2-5H2,1H3. The zero-order valence-corrected chi connectivity index (χ0v) is 11.0. The largest absolute Gasteiger partial charge is 0.496 e. The normalized spacial score (nSPS) is 14.2. The van der Waals surface area contributed by atoms with E-state index in [9.17, 15) is 8.42 Å². The average Bonchev–Trinajstić information content (AvgIpc) is 2.70. The molecule has 2 rings (SSSR count). The second-order valence-corrected chi connectivity index (χ2v) is 6.76. The molecule has 0 aliphatic carbocycles. The predicted molar refractivity (Wildman–Crippen MR) is 65.5 cm³/mol. The number of benzene rings is 1. The van der Waals surface area contributed by atoms with Gasteiger partial charge >= 0.3 is 0 Å². The van der Waals surface area contributed by atoms with E-state index in [4.69, 9.17) is 20.2 Å². The quantitative estimate of drug-likeness (QED) is 0.786. The van der Waals surface area contributed by atoms with Crippen molar-refractivity contribution in [3.8, 4) is 11.5 Å². The molecule has 4 nitrogen and oxygen atoms in total. The first-order valence-corrected chi connectivity index (χ1v) is 7.72. The monoisotopic (exact) mass is 276 g/mol. The number of methoxy groups -OCH3 is 1. The third-order valence-corrected chi connectivity index (χ3v) is 3.86. The summed E-state index contributed by atoms with van der Waals surface area (Å²) in [5.74, 6) is 1.39. The highest BCUT2D eigenvalue weighted by Gasteiger charge is 2.17. The molecule has 0 fully saturated rings. The lowest BCUT2D eigenvalue weighted by Crippen LogP contribution is -2.03. The highest BCUT2D eigenvalue weighted by atomic mass is 35.7. The molecule has 94 valence electrons. The van der Waals surface area contributed by atoms with Crippen LogP contribution in [0.4, 0.5) is 0 Å². The highest BCUT2D eigenvalue weighted by molar-refractivity contribution is 8.13. The van der Waals surface area contributed by atoms with E-state index in [1.165, 1.54) is 0 Å². The molecule has 0 spiro atoms. The lowest BCUT2D eigenvalue weighted by atomic mass is 10.1. The summed E-state index contributed by atoms with van der Waals surface area (Å²) < 4.78 is 32.5. The molecule has 0 radical (unpaired) electrons. The van der Waals surface area contributed by atoms with Gasteiger partial charge in [-0.1, -0.05) is 0 Å². The fourth-order valence-electron chi connectivity index (χ4n) is 1.86. The van der Waals surface area contributed by atoms with Gasteiger partial charge in [-0.25, -0.2) is 8.42 Å². The predicted octanol–water partition coefficient (Wildman–Crippen LogP) is 1.74. The van der Waals surface area contributed by atoms with Crippen LogP contribution in [0.2, 0.25) is 0 Å². The van der Waals surface area contributed by atoms with E-state index >= 15 is 0 Å². The van der Waals surface area contributed by atoms with Crippen molar-refractivity contribution in [3.05, 3.63) is 23.3 Å². The van der Waals surface area contributed by atoms with Gasteiger partial charge in [0, 0.05) is 22.7 Å². The number of rotatable bonds is 4. The molecule has 0 unspecified atom stereocenters. The van der Waals surface area contributed by atoms with E-state index in [1.54, 1.807) is 7.11 Å². The molecule has 1 aromatic rings. The van der Waals surface area contributed by atoms with Crippen molar-refractivity contribution in [2.75, 3.05) is 19.5 Å². The molecule has 1 aliphatic heterocycles. The molecule has 6 heteroatoms. The van der Waals surface area contributed by atoms with Crippen LogP contribution in [0.5, 0.6) is 11.5 Å². The van der Waals surface area contributed by atoms with Crippen molar-refractivity contribution in [2.45, 2.75) is 12.8 Å². The Kier molecular flexibility index (Phi) is 3.49. The molecule has 1 aromatic carbocycles. The van der Waals surface area contributed by atoms with Crippen molar-refractivity contribution in [1.82, 2.24) is 0 Å². The molecule has 0 amide bonds. The van der Waals surface area contributed by atoms with Crippen LogP contribution in [0.1, 0.15) is 11.1 Å². The van der Waals surface area contributed by atoms with Gasteiger partial charge in [0.2, 0.25) is 9.05 Å². The molecule has 1 heterocycles. The fourth-order valence-corrected chi connectivity index (χ4v) is 2.56. The van der Waals surface area contributed by atoms with Gasteiger partial charge in [-0.05, 0) is 24.1 Å². The SMILES string of the molecule is COc1cc2c(cc1CCS(=O)(=O)Cl)OCC2. The summed E-state index contributed by atoms with van der Waals surface area (Å²) in [6.07, 6.45) is 1.19. The average molecular weight is 277 g/mol. The number of ether oxygens (including phenoxy) is 2. The van der Waals surface area contributed by atoms with E-state index < -0.39 is 9.05 Å². The van der Waals surface area contributed by atoms with Crippen molar-refractivity contribution < 1.29 is 17.9 Å². The van der Waals surface area contributed by atoms with Crippen molar-refractivity contribution in [3.63, 3.8) is 0 Å². The highest BCUT2D eigenvalue weighted by Crippen LogP contribution is 2.33. The summed E-state index contributed by atoms with van der Waals surface area (Å²) in [5.41, 5.74) is 1.90. The first-order valence-electron chi connectivity index (χ1n) is 5.24. The molecule has 0 bridgehead atoms. The lowest BCUT2D eigenvalue weighted by molar-refractivity contribution is 0.356. The summed E-state index contributed by atoms with van der Waals surface area (Å²) in [6, 6.07) is 3.74. The van der Waals surface area contributed by atoms with Gasteiger partial charge in [-0.15, -0.1) is 0 Å². The zero-order valence-electron chi connectivity index (χ0n) is 9.40. The second kappa shape index (κ2) is 4.74. The number of hydrogen-bond acceptors (Lipinski definition) is 4. The van der Waals surface area contributed by atoms with Gasteiger partial charge in [0.15, 0.2) is 0 Å². The molecular weight excluding hydrogens is 264 g/mol. The molecule has 0 saturated heterocycles. The molecule has 0 atom stereocenters. The number of fused-ring (bicyclic) bond motifs is 1. The van der Waals surface area contributed by atoms with Gasteiger partial charge in [-0.2, -0.15) is 0 Å². The van der Waals surface area contributed by atoms with E-state index in [1.807, 2.05) is 12.1 Å². The Morgan fingerprint density at radius 2 is 2.24 bits per heavy atom. The summed E-state index contributed by atoms with van der Waals surface area (Å²) in [4.78, 5) is 0. The number of aryl methyl sites for hydroxylation is 1. The van der Waals surface area contributed by atoms with Gasteiger partial charge in [0.25, 0.3) is 0 Å². The van der Waals surface area contributed by atoms with Crippen LogP contribution < -0.4 is 9.47 Å². The minimum Gasteiger partial charge on any atom is -0.496 e. The van der Waals surface area contributed by atoms with Gasteiger partial charge in [-0.3, -0.25) is 0 Å². The minimum absolute atomic E-state index is 0.107. The molecular formula is C11H13ClO4S. The van der Waals surface area contributed by atoms with E-state index in [-0.39, 0.29) is 5.75 Å². The first-order chi connectivity index (χ1) is 7.99. The smallest absolute Gasteiger partial charge is 0.232 e. The summed E-state index contributed by atoms with van der Waals surface area (Å²) >= 11 is 0. The topological polar surface area (TPSA) is 52.6 Å². The summed E-state index contributed by atoms with van der Waals surface area (Å²) in [7, 11) is 3.28. The van der Waals surface area contributed by atoms with E-state index in [0.29, 0.717) is 18.8 Å². The fraction of sp³-hybridized carbons (Fsp3) is 0.455. The zero-order chi connectivity index (χ0) is 12.5. The van der Waals surface area contributed by atoms with Crippen molar-refractivity contribution in [1.29, 1.82) is 0 Å². The number of halogens is 1. The van der Waals surface area contributed by atoms with Gasteiger partial charge in [0.1, 0.15) is 11.5 Å². The van der Waals surface area contributed by atoms with Crippen LogP contribution >= 0.6 is 10.7 Å². The Labute approximate surface area is 105 Å². The van der Waals surface area contributed by atoms with Crippen LogP contribution in [-0.2, 0) is 21.9 Å².